The van der Waals surface area contributed by atoms with Crippen LogP contribution in [0.3, 0.4) is 0 Å². The molecule has 1 amide bonds. The van der Waals surface area contributed by atoms with E-state index in [2.05, 4.69) is 15.2 Å². The lowest BCUT2D eigenvalue weighted by atomic mass is 10.1. The van der Waals surface area contributed by atoms with Gasteiger partial charge in [0.05, 0.1) is 18.0 Å². The van der Waals surface area contributed by atoms with Crippen molar-refractivity contribution in [3.05, 3.63) is 16.1 Å². The first kappa shape index (κ1) is 14.8. The zero-order valence-corrected chi connectivity index (χ0v) is 12.6. The number of amides is 1. The number of piperidine rings is 1. The van der Waals surface area contributed by atoms with Crippen LogP contribution < -0.4 is 5.32 Å². The Hall–Kier alpha value is -0.650. The zero-order valence-electron chi connectivity index (χ0n) is 11.0. The molecule has 0 bridgehead atoms. The lowest BCUT2D eigenvalue weighted by Gasteiger charge is -2.26. The summed E-state index contributed by atoms with van der Waals surface area (Å²) in [4.78, 5) is 18.5. The van der Waals surface area contributed by atoms with Gasteiger partial charge in [-0.2, -0.15) is 0 Å². The lowest BCUT2D eigenvalue weighted by Crippen LogP contribution is -2.38. The van der Waals surface area contributed by atoms with Gasteiger partial charge in [-0.05, 0) is 25.9 Å². The molecule has 1 saturated heterocycles. The van der Waals surface area contributed by atoms with Crippen molar-refractivity contribution in [3.63, 3.8) is 0 Å². The Bertz CT molecular complexity index is 404. The lowest BCUT2D eigenvalue weighted by molar-refractivity contribution is -0.120. The smallest absolute Gasteiger partial charge is 0.226 e. The second kappa shape index (κ2) is 7.82. The van der Waals surface area contributed by atoms with Crippen LogP contribution in [0, 0.1) is 0 Å². The van der Waals surface area contributed by atoms with Crippen LogP contribution in [0.25, 0.3) is 0 Å². The molecule has 0 aromatic carbocycles. The van der Waals surface area contributed by atoms with Gasteiger partial charge in [-0.3, -0.25) is 4.79 Å². The van der Waals surface area contributed by atoms with E-state index in [0.717, 1.165) is 23.8 Å². The topological polar surface area (TPSA) is 45.2 Å². The number of hydrogen-bond acceptors (Lipinski definition) is 4. The Balaban J connectivity index is 1.63. The molecule has 6 heteroatoms. The van der Waals surface area contributed by atoms with Crippen LogP contribution in [-0.2, 0) is 17.1 Å². The van der Waals surface area contributed by atoms with Crippen molar-refractivity contribution in [2.75, 3.05) is 26.2 Å². The third-order valence-corrected chi connectivity index (χ3v) is 4.42. The van der Waals surface area contributed by atoms with E-state index in [1.54, 1.807) is 0 Å². The molecule has 1 aromatic heterocycles. The van der Waals surface area contributed by atoms with Crippen molar-refractivity contribution in [1.29, 1.82) is 0 Å². The fourth-order valence-electron chi connectivity index (χ4n) is 2.23. The minimum absolute atomic E-state index is 0.0486. The molecule has 2 heterocycles. The number of aromatic nitrogens is 1. The Morgan fingerprint density at radius 1 is 1.42 bits per heavy atom. The van der Waals surface area contributed by atoms with Crippen molar-refractivity contribution < 1.29 is 4.79 Å². The van der Waals surface area contributed by atoms with Gasteiger partial charge in [0.15, 0.2) is 0 Å². The fraction of sp³-hybridized carbons (Fsp3) is 0.692. The summed E-state index contributed by atoms with van der Waals surface area (Å²) in [6, 6.07) is 0. The Morgan fingerprint density at radius 3 is 2.89 bits per heavy atom. The van der Waals surface area contributed by atoms with Crippen molar-refractivity contribution in [3.8, 4) is 0 Å². The number of hydrogen-bond donors (Lipinski definition) is 1. The van der Waals surface area contributed by atoms with Crippen LogP contribution in [0.1, 0.15) is 30.0 Å². The summed E-state index contributed by atoms with van der Waals surface area (Å²) in [6.07, 6.45) is 4.28. The molecule has 19 heavy (non-hydrogen) atoms. The maximum atomic E-state index is 11.8. The third-order valence-electron chi connectivity index (χ3n) is 3.25. The number of rotatable bonds is 6. The van der Waals surface area contributed by atoms with Crippen LogP contribution in [0.2, 0.25) is 0 Å². The molecule has 0 saturated carbocycles. The van der Waals surface area contributed by atoms with Gasteiger partial charge in [-0.25, -0.2) is 4.98 Å². The van der Waals surface area contributed by atoms with Crippen molar-refractivity contribution in [2.24, 2.45) is 0 Å². The van der Waals surface area contributed by atoms with E-state index in [4.69, 9.17) is 11.6 Å². The van der Waals surface area contributed by atoms with Crippen LogP contribution in [0.15, 0.2) is 5.38 Å². The summed E-state index contributed by atoms with van der Waals surface area (Å²) in [7, 11) is 0. The minimum atomic E-state index is 0.0486. The monoisotopic (exact) mass is 301 g/mol. The number of halogens is 1. The van der Waals surface area contributed by atoms with Crippen LogP contribution in [0.4, 0.5) is 0 Å². The molecule has 4 nitrogen and oxygen atoms in total. The molecule has 1 N–H and O–H groups in total. The number of likely N-dealkylation sites (tertiary alicyclic amines) is 1. The number of carbonyl (C=O) groups excluding carboxylic acids is 1. The summed E-state index contributed by atoms with van der Waals surface area (Å²) in [5.74, 6) is 0.458. The van der Waals surface area contributed by atoms with Crippen molar-refractivity contribution >= 4 is 28.8 Å². The molecular weight excluding hydrogens is 282 g/mol. The predicted octanol–water partition coefficient (Wildman–Crippen LogP) is 2.03. The standard InChI is InChI=1S/C13H20ClN3OS/c14-9-11-10-19-13(16-11)8-12(18)15-4-7-17-5-2-1-3-6-17/h10H,1-9H2,(H,15,18). The number of carbonyl (C=O) groups is 1. The highest BCUT2D eigenvalue weighted by Crippen LogP contribution is 2.12. The quantitative estimate of drug-likeness (QED) is 0.818. The molecule has 1 aliphatic rings. The van der Waals surface area contributed by atoms with Gasteiger partial charge in [-0.15, -0.1) is 22.9 Å². The highest BCUT2D eigenvalue weighted by molar-refractivity contribution is 7.09. The number of alkyl halides is 1. The van der Waals surface area contributed by atoms with Gasteiger partial charge in [0.1, 0.15) is 5.01 Å². The maximum absolute atomic E-state index is 11.8. The number of nitrogens with one attached hydrogen (secondary N) is 1. The van der Waals surface area contributed by atoms with Crippen LogP contribution >= 0.6 is 22.9 Å². The van der Waals surface area contributed by atoms with E-state index in [1.165, 1.54) is 43.7 Å². The molecule has 0 spiro atoms. The molecule has 0 aliphatic carbocycles. The van der Waals surface area contributed by atoms with Gasteiger partial charge in [-0.1, -0.05) is 6.42 Å². The largest absolute Gasteiger partial charge is 0.354 e. The fourth-order valence-corrected chi connectivity index (χ4v) is 3.25. The van der Waals surface area contributed by atoms with E-state index in [1.807, 2.05) is 5.38 Å². The predicted molar refractivity (Wildman–Crippen MR) is 78.7 cm³/mol. The first-order chi connectivity index (χ1) is 9.28. The first-order valence-electron chi connectivity index (χ1n) is 6.76. The van der Waals surface area contributed by atoms with Crippen LogP contribution in [0.5, 0.6) is 0 Å². The minimum Gasteiger partial charge on any atom is -0.354 e. The van der Waals surface area contributed by atoms with E-state index in [0.29, 0.717) is 12.3 Å². The highest BCUT2D eigenvalue weighted by atomic mass is 35.5. The molecule has 0 radical (unpaired) electrons. The first-order valence-corrected chi connectivity index (χ1v) is 8.17. The van der Waals surface area contributed by atoms with Gasteiger partial charge in [0.2, 0.25) is 5.91 Å². The molecule has 106 valence electrons. The second-order valence-electron chi connectivity index (χ2n) is 4.80. The zero-order chi connectivity index (χ0) is 13.5. The van der Waals surface area contributed by atoms with Crippen LogP contribution in [-0.4, -0.2) is 42.0 Å². The Kier molecular flexibility index (Phi) is 6.07. The molecule has 1 aromatic rings. The van der Waals surface area contributed by atoms with Gasteiger partial charge >= 0.3 is 0 Å². The Morgan fingerprint density at radius 2 is 2.21 bits per heavy atom. The number of nitrogens with zero attached hydrogens (tertiary/aromatic N) is 2. The highest BCUT2D eigenvalue weighted by Gasteiger charge is 2.11. The summed E-state index contributed by atoms with van der Waals surface area (Å²) >= 11 is 7.18. The van der Waals surface area contributed by atoms with Crippen molar-refractivity contribution in [2.45, 2.75) is 31.6 Å². The maximum Gasteiger partial charge on any atom is 0.226 e. The SMILES string of the molecule is O=C(Cc1nc(CCl)cs1)NCCN1CCCCC1. The summed E-state index contributed by atoms with van der Waals surface area (Å²) in [6.45, 7) is 4.02. The van der Waals surface area contributed by atoms with Gasteiger partial charge in [0.25, 0.3) is 0 Å². The van der Waals surface area contributed by atoms with Crippen molar-refractivity contribution in [1.82, 2.24) is 15.2 Å². The van der Waals surface area contributed by atoms with E-state index in [-0.39, 0.29) is 5.91 Å². The molecule has 2 rings (SSSR count). The van der Waals surface area contributed by atoms with E-state index < -0.39 is 0 Å². The molecule has 0 atom stereocenters. The average molecular weight is 302 g/mol. The second-order valence-corrected chi connectivity index (χ2v) is 6.01. The normalized spacial score (nSPS) is 16.5. The van der Waals surface area contributed by atoms with E-state index in [9.17, 15) is 4.79 Å². The average Bonchev–Trinajstić information content (AvgIpc) is 2.87. The molecule has 1 fully saturated rings. The number of thiazole rings is 1. The summed E-state index contributed by atoms with van der Waals surface area (Å²) in [5.41, 5.74) is 0.850. The molecule has 0 unspecified atom stereocenters. The molecular formula is C13H20ClN3OS. The van der Waals surface area contributed by atoms with Gasteiger partial charge in [0, 0.05) is 18.5 Å². The summed E-state index contributed by atoms with van der Waals surface area (Å²) in [5, 5.41) is 5.70. The van der Waals surface area contributed by atoms with Gasteiger partial charge < -0.3 is 10.2 Å². The third kappa shape index (κ3) is 5.09. The Labute approximate surface area is 123 Å². The summed E-state index contributed by atoms with van der Waals surface area (Å²) < 4.78 is 0. The molecule has 1 aliphatic heterocycles. The van der Waals surface area contributed by atoms with E-state index >= 15 is 0 Å².